The van der Waals surface area contributed by atoms with Gasteiger partial charge < -0.3 is 9.88 Å². The first-order valence-corrected chi connectivity index (χ1v) is 6.85. The smallest absolute Gasteiger partial charge is 0.252 e. The number of hydrogen-bond acceptors (Lipinski definition) is 3. The van der Waals surface area contributed by atoms with Crippen LogP contribution in [0.2, 0.25) is 0 Å². The number of halogens is 1. The van der Waals surface area contributed by atoms with E-state index in [1.807, 2.05) is 0 Å². The van der Waals surface area contributed by atoms with Crippen molar-refractivity contribution in [1.82, 2.24) is 4.57 Å². The minimum absolute atomic E-state index is 0.164. The number of carbonyl (C=O) groups excluding carboxylic acids is 1. The second kappa shape index (κ2) is 5.16. The number of hydrogen-bond donors (Lipinski definition) is 1. The Morgan fingerprint density at radius 2 is 2.10 bits per heavy atom. The van der Waals surface area contributed by atoms with E-state index in [4.69, 9.17) is 0 Å². The molecule has 0 amide bonds. The van der Waals surface area contributed by atoms with Gasteiger partial charge in [0.15, 0.2) is 6.29 Å². The number of nitrogens with one attached hydrogen (secondary N) is 1. The molecule has 1 aromatic carbocycles. The molecule has 0 saturated carbocycles. The van der Waals surface area contributed by atoms with Gasteiger partial charge >= 0.3 is 0 Å². The fraction of sp³-hybridized carbons (Fsp3) is 0.250. The topological polar surface area (TPSA) is 51.1 Å². The van der Waals surface area contributed by atoms with E-state index in [1.54, 1.807) is 23.6 Å². The highest BCUT2D eigenvalue weighted by molar-refractivity contribution is 5.87. The van der Waals surface area contributed by atoms with E-state index in [2.05, 4.69) is 5.32 Å². The van der Waals surface area contributed by atoms with Crippen molar-refractivity contribution in [3.8, 4) is 0 Å². The predicted octanol–water partition coefficient (Wildman–Crippen LogP) is 2.80. The molecule has 5 heteroatoms. The van der Waals surface area contributed by atoms with Crippen molar-refractivity contribution in [2.75, 3.05) is 5.32 Å². The second-order valence-electron chi connectivity index (χ2n) is 5.24. The summed E-state index contributed by atoms with van der Waals surface area (Å²) in [6.07, 6.45) is 2.26. The highest BCUT2D eigenvalue weighted by Crippen LogP contribution is 2.26. The van der Waals surface area contributed by atoms with E-state index in [0.29, 0.717) is 24.2 Å². The third-order valence-corrected chi connectivity index (χ3v) is 3.77. The molecule has 0 bridgehead atoms. The summed E-state index contributed by atoms with van der Waals surface area (Å²) in [6.45, 7) is 2.43. The molecule has 0 spiro atoms. The van der Waals surface area contributed by atoms with E-state index in [-0.39, 0.29) is 11.2 Å². The Balaban J connectivity index is 2.09. The summed E-state index contributed by atoms with van der Waals surface area (Å²) in [6, 6.07) is 6.14. The molecule has 2 heterocycles. The summed E-state index contributed by atoms with van der Waals surface area (Å²) < 4.78 is 15.5. The molecule has 1 N–H and O–H groups in total. The lowest BCUT2D eigenvalue weighted by molar-refractivity contribution is 0.112. The molecule has 1 aliphatic heterocycles. The summed E-state index contributed by atoms with van der Waals surface area (Å²) in [4.78, 5) is 23.4. The largest absolute Gasteiger partial charge is 0.352 e. The fourth-order valence-corrected chi connectivity index (χ4v) is 2.73. The van der Waals surface area contributed by atoms with Gasteiger partial charge in [0.25, 0.3) is 5.56 Å². The summed E-state index contributed by atoms with van der Waals surface area (Å²) in [7, 11) is 0. The summed E-state index contributed by atoms with van der Waals surface area (Å²) >= 11 is 0. The van der Waals surface area contributed by atoms with Crippen molar-refractivity contribution in [1.29, 1.82) is 0 Å². The Morgan fingerprint density at radius 1 is 1.29 bits per heavy atom. The first kappa shape index (κ1) is 13.5. The van der Waals surface area contributed by atoms with Crippen LogP contribution in [-0.4, -0.2) is 10.9 Å². The van der Waals surface area contributed by atoms with Crippen LogP contribution in [0.3, 0.4) is 0 Å². The zero-order valence-electron chi connectivity index (χ0n) is 11.6. The molecular weight excluding hydrogens is 271 g/mol. The average Bonchev–Trinajstić information content (AvgIpc) is 2.92. The summed E-state index contributed by atoms with van der Waals surface area (Å²) in [5.41, 5.74) is 2.43. The molecule has 21 heavy (non-hydrogen) atoms. The van der Waals surface area contributed by atoms with Crippen LogP contribution in [0, 0.1) is 12.7 Å². The number of pyridine rings is 1. The summed E-state index contributed by atoms with van der Waals surface area (Å²) in [5, 5.41) is 2.87. The zero-order chi connectivity index (χ0) is 15.0. The maximum Gasteiger partial charge on any atom is 0.252 e. The van der Waals surface area contributed by atoms with Crippen molar-refractivity contribution < 1.29 is 9.18 Å². The van der Waals surface area contributed by atoms with Gasteiger partial charge in [0, 0.05) is 18.3 Å². The number of aromatic nitrogens is 1. The first-order chi connectivity index (χ1) is 10.1. The van der Waals surface area contributed by atoms with Crippen molar-refractivity contribution in [3.63, 3.8) is 0 Å². The average molecular weight is 286 g/mol. The second-order valence-corrected chi connectivity index (χ2v) is 5.24. The number of aryl methyl sites for hydroxylation is 1. The van der Waals surface area contributed by atoms with Gasteiger partial charge in [0.1, 0.15) is 5.82 Å². The normalized spacial score (nSPS) is 13.0. The van der Waals surface area contributed by atoms with Crippen LogP contribution in [0.5, 0.6) is 0 Å². The number of nitrogens with zero attached hydrogens (tertiary/aromatic N) is 1. The molecule has 0 fully saturated rings. The number of anilines is 2. The molecule has 0 aliphatic carbocycles. The van der Waals surface area contributed by atoms with Gasteiger partial charge in [-0.2, -0.15) is 0 Å². The highest BCUT2D eigenvalue weighted by atomic mass is 19.1. The van der Waals surface area contributed by atoms with Gasteiger partial charge in [-0.15, -0.1) is 0 Å². The third-order valence-electron chi connectivity index (χ3n) is 3.77. The van der Waals surface area contributed by atoms with Gasteiger partial charge in [-0.25, -0.2) is 4.39 Å². The molecular formula is C16H15FN2O2. The lowest BCUT2D eigenvalue weighted by Gasteiger charge is -2.13. The number of carbonyl (C=O) groups is 1. The van der Waals surface area contributed by atoms with E-state index in [0.717, 1.165) is 24.0 Å². The monoisotopic (exact) mass is 286 g/mol. The van der Waals surface area contributed by atoms with Crippen LogP contribution in [0.4, 0.5) is 15.8 Å². The number of benzene rings is 1. The molecule has 4 nitrogen and oxygen atoms in total. The van der Waals surface area contributed by atoms with Gasteiger partial charge in [0.2, 0.25) is 0 Å². The van der Waals surface area contributed by atoms with E-state index >= 15 is 0 Å². The maximum atomic E-state index is 13.9. The summed E-state index contributed by atoms with van der Waals surface area (Å²) in [5.74, 6) is -0.410. The van der Waals surface area contributed by atoms with Gasteiger partial charge in [-0.1, -0.05) is 6.07 Å². The van der Waals surface area contributed by atoms with Gasteiger partial charge in [-0.3, -0.25) is 9.59 Å². The Morgan fingerprint density at radius 3 is 2.81 bits per heavy atom. The van der Waals surface area contributed by atoms with Crippen LogP contribution in [0.15, 0.2) is 29.1 Å². The lowest BCUT2D eigenvalue weighted by Crippen LogP contribution is -2.21. The molecule has 3 rings (SSSR count). The van der Waals surface area contributed by atoms with Crippen molar-refractivity contribution in [2.24, 2.45) is 0 Å². The lowest BCUT2D eigenvalue weighted by atomic mass is 10.1. The molecule has 0 atom stereocenters. The van der Waals surface area contributed by atoms with Crippen molar-refractivity contribution in [2.45, 2.75) is 26.3 Å². The molecule has 0 radical (unpaired) electrons. The molecule has 0 unspecified atom stereocenters. The van der Waals surface area contributed by atoms with Crippen molar-refractivity contribution in [3.05, 3.63) is 57.3 Å². The standard InChI is InChI=1S/C16H15FN2O2/c1-10-4-5-13(12(17)7-10)18-14-8-16(21)19-6-2-3-15(19)11(14)9-20/h4-5,7-9,18H,2-3,6H2,1H3. The first-order valence-electron chi connectivity index (χ1n) is 6.85. The Bertz CT molecular complexity index is 781. The van der Waals surface area contributed by atoms with E-state index in [1.165, 1.54) is 12.1 Å². The van der Waals surface area contributed by atoms with Crippen LogP contribution in [-0.2, 0) is 13.0 Å². The Labute approximate surface area is 121 Å². The van der Waals surface area contributed by atoms with Crippen LogP contribution in [0.25, 0.3) is 0 Å². The molecule has 0 saturated heterocycles. The SMILES string of the molecule is Cc1ccc(Nc2cc(=O)n3c(c2C=O)CCC3)c(F)c1. The Kier molecular flexibility index (Phi) is 3.33. The van der Waals surface area contributed by atoms with Gasteiger partial charge in [0.05, 0.1) is 16.9 Å². The highest BCUT2D eigenvalue weighted by Gasteiger charge is 2.19. The minimum atomic E-state index is -0.410. The molecule has 1 aliphatic rings. The zero-order valence-corrected chi connectivity index (χ0v) is 11.6. The maximum absolute atomic E-state index is 13.9. The predicted molar refractivity (Wildman–Crippen MR) is 78.8 cm³/mol. The van der Waals surface area contributed by atoms with Crippen LogP contribution >= 0.6 is 0 Å². The van der Waals surface area contributed by atoms with Crippen LogP contribution in [0.1, 0.15) is 28.0 Å². The number of rotatable bonds is 3. The number of fused-ring (bicyclic) bond motifs is 1. The molecule has 1 aromatic heterocycles. The third kappa shape index (κ3) is 2.35. The minimum Gasteiger partial charge on any atom is -0.352 e. The molecule has 2 aromatic rings. The van der Waals surface area contributed by atoms with E-state index in [9.17, 15) is 14.0 Å². The van der Waals surface area contributed by atoms with Gasteiger partial charge in [-0.05, 0) is 37.5 Å². The van der Waals surface area contributed by atoms with Crippen LogP contribution < -0.4 is 10.9 Å². The fourth-order valence-electron chi connectivity index (χ4n) is 2.73. The Hall–Kier alpha value is -2.43. The van der Waals surface area contributed by atoms with Crippen molar-refractivity contribution >= 4 is 17.7 Å². The number of aldehydes is 1. The quantitative estimate of drug-likeness (QED) is 0.883. The molecule has 108 valence electrons. The van der Waals surface area contributed by atoms with E-state index < -0.39 is 5.82 Å².